The molecule has 0 saturated carbocycles. The van der Waals surface area contributed by atoms with Gasteiger partial charge in [0.1, 0.15) is 6.79 Å². The zero-order chi connectivity index (χ0) is 17.6. The van der Waals surface area contributed by atoms with Crippen LogP contribution in [0.1, 0.15) is 96.8 Å². The van der Waals surface area contributed by atoms with Gasteiger partial charge in [-0.25, -0.2) is 0 Å². The predicted molar refractivity (Wildman–Crippen MR) is 107 cm³/mol. The number of unbranched alkanes of at least 4 members (excludes halogenated alkanes) is 11. The zero-order valence-corrected chi connectivity index (χ0v) is 16.8. The fraction of sp³-hybridized carbons (Fsp3) is 0.905. The molecule has 2 nitrogen and oxygen atoms in total. The molecule has 24 heavy (non-hydrogen) atoms. The molecular weight excluding hydrogens is 320 g/mol. The molecule has 0 bridgehead atoms. The van der Waals surface area contributed by atoms with E-state index >= 15 is 0 Å². The monoisotopic (exact) mass is 360 g/mol. The summed E-state index contributed by atoms with van der Waals surface area (Å²) in [6.45, 7) is 4.28. The van der Waals surface area contributed by atoms with Crippen LogP contribution < -0.4 is 0 Å². The average Bonchev–Trinajstić information content (AvgIpc) is 2.60. The predicted octanol–water partition coefficient (Wildman–Crippen LogP) is 7.25. The summed E-state index contributed by atoms with van der Waals surface area (Å²) in [4.78, 5) is 0. The second kappa shape index (κ2) is 22.9. The number of ether oxygens (including phenoxy) is 2. The van der Waals surface area contributed by atoms with E-state index in [-0.39, 0.29) is 0 Å². The first-order valence-corrected chi connectivity index (χ1v) is 10.8. The van der Waals surface area contributed by atoms with Crippen molar-refractivity contribution in [1.82, 2.24) is 0 Å². The van der Waals surface area contributed by atoms with Crippen molar-refractivity contribution >= 4 is 11.6 Å². The highest BCUT2D eigenvalue weighted by Crippen LogP contribution is 2.10. The van der Waals surface area contributed by atoms with E-state index in [0.29, 0.717) is 6.79 Å². The second-order valence-corrected chi connectivity index (χ2v) is 6.94. The lowest BCUT2D eigenvalue weighted by Gasteiger charge is -2.04. The van der Waals surface area contributed by atoms with Crippen molar-refractivity contribution in [3.63, 3.8) is 0 Å². The van der Waals surface area contributed by atoms with E-state index in [9.17, 15) is 0 Å². The number of allylic oxidation sites excluding steroid dienone is 1. The third-order valence-corrected chi connectivity index (χ3v) is 4.43. The third-order valence-electron chi connectivity index (χ3n) is 4.16. The van der Waals surface area contributed by atoms with Gasteiger partial charge in [-0.3, -0.25) is 0 Å². The minimum absolute atomic E-state index is 0.449. The van der Waals surface area contributed by atoms with Gasteiger partial charge in [-0.05, 0) is 32.1 Å². The molecule has 144 valence electrons. The molecule has 0 saturated heterocycles. The Morgan fingerprint density at radius 2 is 1.21 bits per heavy atom. The Balaban J connectivity index is 3.04. The van der Waals surface area contributed by atoms with Gasteiger partial charge in [0.05, 0.1) is 6.61 Å². The van der Waals surface area contributed by atoms with Crippen molar-refractivity contribution in [2.24, 2.45) is 0 Å². The summed E-state index contributed by atoms with van der Waals surface area (Å²) in [6, 6.07) is 0. The summed E-state index contributed by atoms with van der Waals surface area (Å²) >= 11 is 5.67. The normalized spacial score (nSPS) is 11.6. The van der Waals surface area contributed by atoms with Crippen LogP contribution in [0.4, 0.5) is 0 Å². The molecular formula is C21H41ClO2. The molecule has 0 heterocycles. The Hall–Kier alpha value is -0.0500. The van der Waals surface area contributed by atoms with E-state index in [1.54, 1.807) is 0 Å². The van der Waals surface area contributed by atoms with Crippen LogP contribution in [0, 0.1) is 0 Å². The topological polar surface area (TPSA) is 18.5 Å². The fourth-order valence-corrected chi connectivity index (χ4v) is 2.80. The molecule has 0 radical (unpaired) electrons. The number of halogens is 1. The van der Waals surface area contributed by atoms with Crippen LogP contribution in [0.25, 0.3) is 0 Å². The minimum Gasteiger partial charge on any atom is -0.355 e. The van der Waals surface area contributed by atoms with Crippen LogP contribution in [-0.2, 0) is 9.47 Å². The van der Waals surface area contributed by atoms with E-state index in [2.05, 4.69) is 19.1 Å². The van der Waals surface area contributed by atoms with Gasteiger partial charge in [0, 0.05) is 12.5 Å². The van der Waals surface area contributed by atoms with E-state index in [0.717, 1.165) is 31.9 Å². The number of hydrogen-bond donors (Lipinski definition) is 0. The smallest absolute Gasteiger partial charge is 0.146 e. The summed E-state index contributed by atoms with van der Waals surface area (Å²) in [7, 11) is 0. The van der Waals surface area contributed by atoms with Crippen molar-refractivity contribution in [1.29, 1.82) is 0 Å². The molecule has 0 aromatic heterocycles. The lowest BCUT2D eigenvalue weighted by Crippen LogP contribution is -2.02. The molecule has 0 spiro atoms. The van der Waals surface area contributed by atoms with E-state index < -0.39 is 0 Å². The summed E-state index contributed by atoms with van der Waals surface area (Å²) in [5.41, 5.74) is 0. The molecule has 0 unspecified atom stereocenters. The molecule has 0 aliphatic rings. The van der Waals surface area contributed by atoms with Gasteiger partial charge >= 0.3 is 0 Å². The van der Waals surface area contributed by atoms with Gasteiger partial charge in [-0.1, -0.05) is 76.9 Å². The number of rotatable bonds is 20. The quantitative estimate of drug-likeness (QED) is 0.0984. The van der Waals surface area contributed by atoms with E-state index in [1.165, 1.54) is 77.0 Å². The maximum absolute atomic E-state index is 5.67. The zero-order valence-electron chi connectivity index (χ0n) is 16.1. The van der Waals surface area contributed by atoms with Gasteiger partial charge in [0.2, 0.25) is 0 Å². The van der Waals surface area contributed by atoms with Crippen molar-refractivity contribution < 1.29 is 9.47 Å². The molecule has 3 heteroatoms. The molecule has 0 amide bonds. The first kappa shape index (κ1) is 23.9. The van der Waals surface area contributed by atoms with Crippen molar-refractivity contribution in [2.45, 2.75) is 96.8 Å². The highest BCUT2D eigenvalue weighted by Gasteiger charge is 1.92. The van der Waals surface area contributed by atoms with Crippen LogP contribution in [0.5, 0.6) is 0 Å². The Kier molecular flexibility index (Phi) is 22.9. The van der Waals surface area contributed by atoms with E-state index in [1.807, 2.05) is 0 Å². The van der Waals surface area contributed by atoms with Gasteiger partial charge in [0.15, 0.2) is 0 Å². The van der Waals surface area contributed by atoms with Crippen LogP contribution >= 0.6 is 11.6 Å². The lowest BCUT2D eigenvalue weighted by atomic mass is 10.1. The molecule has 0 aliphatic carbocycles. The highest BCUT2D eigenvalue weighted by atomic mass is 35.5. The van der Waals surface area contributed by atoms with E-state index in [4.69, 9.17) is 21.1 Å². The number of hydrogen-bond acceptors (Lipinski definition) is 2. The third kappa shape index (κ3) is 21.9. The average molecular weight is 361 g/mol. The number of alkyl halides is 1. The van der Waals surface area contributed by atoms with Crippen molar-refractivity contribution in [2.75, 3.05) is 25.9 Å². The molecule has 0 fully saturated rings. The maximum Gasteiger partial charge on any atom is 0.146 e. The molecule has 0 rings (SSSR count). The van der Waals surface area contributed by atoms with Crippen LogP contribution in [0.3, 0.4) is 0 Å². The summed E-state index contributed by atoms with van der Waals surface area (Å²) in [5, 5.41) is 0. The molecule has 0 atom stereocenters. The second-order valence-electron chi connectivity index (χ2n) is 6.56. The highest BCUT2D eigenvalue weighted by molar-refractivity contribution is 6.17. The van der Waals surface area contributed by atoms with Gasteiger partial charge in [-0.15, -0.1) is 11.6 Å². The Labute approximate surface area is 156 Å². The van der Waals surface area contributed by atoms with Crippen molar-refractivity contribution in [3.8, 4) is 0 Å². The Morgan fingerprint density at radius 1 is 0.625 bits per heavy atom. The lowest BCUT2D eigenvalue weighted by molar-refractivity contribution is -0.0531. The Morgan fingerprint density at radius 3 is 1.92 bits per heavy atom. The first-order chi connectivity index (χ1) is 11.9. The summed E-state index contributed by atoms with van der Waals surface area (Å²) in [5.74, 6) is 0.823. The van der Waals surface area contributed by atoms with Crippen LogP contribution in [0.15, 0.2) is 12.2 Å². The molecule has 0 N–H and O–H groups in total. The largest absolute Gasteiger partial charge is 0.355 e. The summed E-state index contributed by atoms with van der Waals surface area (Å²) < 4.78 is 10.9. The standard InChI is InChI=1S/C21H41ClO2/c1-2-3-4-16-19-23-21-24-20-17-14-12-10-8-6-5-7-9-11-13-15-18-22/h12,14H,2-11,13,15-21H2,1H3. The summed E-state index contributed by atoms with van der Waals surface area (Å²) in [6.07, 6.45) is 22.4. The van der Waals surface area contributed by atoms with Gasteiger partial charge in [-0.2, -0.15) is 0 Å². The maximum atomic E-state index is 5.67. The first-order valence-electron chi connectivity index (χ1n) is 10.3. The SMILES string of the molecule is CCCCCCOCOCCC=CCCCCCCCCCCCl. The van der Waals surface area contributed by atoms with Crippen LogP contribution in [0.2, 0.25) is 0 Å². The fourth-order valence-electron chi connectivity index (χ4n) is 2.61. The van der Waals surface area contributed by atoms with Crippen LogP contribution in [-0.4, -0.2) is 25.9 Å². The molecule has 0 aromatic carbocycles. The van der Waals surface area contributed by atoms with Crippen molar-refractivity contribution in [3.05, 3.63) is 12.2 Å². The molecule has 0 aliphatic heterocycles. The van der Waals surface area contributed by atoms with Gasteiger partial charge in [0.25, 0.3) is 0 Å². The van der Waals surface area contributed by atoms with Gasteiger partial charge < -0.3 is 9.47 Å². The molecule has 0 aromatic rings. The minimum atomic E-state index is 0.449. The Bertz CT molecular complexity index is 220.